The van der Waals surface area contributed by atoms with Crippen LogP contribution < -0.4 is 15.4 Å². The monoisotopic (exact) mass is 547 g/mol. The highest BCUT2D eigenvalue weighted by Gasteiger charge is 2.14. The summed E-state index contributed by atoms with van der Waals surface area (Å²) in [5, 5.41) is 7.05. The normalized spacial score (nSPS) is 11.0. The van der Waals surface area contributed by atoms with Gasteiger partial charge in [-0.05, 0) is 93.7 Å². The van der Waals surface area contributed by atoms with Crippen LogP contribution in [0.1, 0.15) is 30.0 Å². The third-order valence-electron chi connectivity index (χ3n) is 6.69. The first kappa shape index (κ1) is 27.6. The smallest absolute Gasteiger partial charge is 0.300 e. The molecule has 3 aromatic heterocycles. The van der Waals surface area contributed by atoms with E-state index in [4.69, 9.17) is 4.74 Å². The Hall–Kier alpha value is -4.94. The van der Waals surface area contributed by atoms with Crippen LogP contribution in [-0.4, -0.2) is 57.4 Å². The topological polar surface area (TPSA) is 96.7 Å². The van der Waals surface area contributed by atoms with E-state index in [1.807, 2.05) is 49.1 Å². The summed E-state index contributed by atoms with van der Waals surface area (Å²) in [7, 11) is 4.04. The number of amides is 1. The van der Waals surface area contributed by atoms with Gasteiger partial charge < -0.3 is 24.7 Å². The number of pyridine rings is 1. The van der Waals surface area contributed by atoms with E-state index < -0.39 is 5.91 Å². The number of ether oxygens (including phenoxy) is 1. The average Bonchev–Trinajstić information content (AvgIpc) is 3.41. The molecular formula is C32H33N7O2. The molecule has 208 valence electrons. The van der Waals surface area contributed by atoms with Gasteiger partial charge in [0.05, 0.1) is 17.8 Å². The second-order valence-electron chi connectivity index (χ2n) is 10.1. The van der Waals surface area contributed by atoms with Crippen LogP contribution in [0.4, 0.5) is 17.2 Å². The van der Waals surface area contributed by atoms with Gasteiger partial charge in [0.2, 0.25) is 0 Å². The predicted octanol–water partition coefficient (Wildman–Crippen LogP) is 5.21. The Kier molecular flexibility index (Phi) is 8.42. The maximum atomic E-state index is 12.3. The molecule has 0 saturated heterocycles. The molecule has 2 aromatic carbocycles. The number of hydrogen-bond acceptors (Lipinski definition) is 7. The van der Waals surface area contributed by atoms with Crippen molar-refractivity contribution in [3.8, 4) is 17.6 Å². The molecule has 5 rings (SSSR count). The standard InChI is InChI=1S/C32H33N7O2/c1-5-7-31(40)37-28-19-26-27(20-29(28)41-15-6-12-38(3)4)34-21-35-32(26)36-25-9-8-24(22(2)16-25)17-23-10-13-39-14-11-33-30(39)18-23/h8-11,13-14,16,18-21H,6,12,15,17H2,1-4H3,(H,37,40)(H,34,35,36). The summed E-state index contributed by atoms with van der Waals surface area (Å²) in [6, 6.07) is 14.2. The van der Waals surface area contributed by atoms with E-state index in [0.29, 0.717) is 29.4 Å². The van der Waals surface area contributed by atoms with Crippen LogP contribution in [-0.2, 0) is 11.2 Å². The molecule has 41 heavy (non-hydrogen) atoms. The van der Waals surface area contributed by atoms with E-state index in [2.05, 4.69) is 73.5 Å². The van der Waals surface area contributed by atoms with Crippen molar-refractivity contribution in [3.05, 3.63) is 84.1 Å². The summed E-state index contributed by atoms with van der Waals surface area (Å²) in [5.41, 5.74) is 6.67. The molecular weight excluding hydrogens is 514 g/mol. The van der Waals surface area contributed by atoms with Crippen LogP contribution in [0.2, 0.25) is 0 Å². The Balaban J connectivity index is 1.39. The maximum Gasteiger partial charge on any atom is 0.300 e. The summed E-state index contributed by atoms with van der Waals surface area (Å²) < 4.78 is 8.06. The fourth-order valence-corrected chi connectivity index (χ4v) is 4.62. The fourth-order valence-electron chi connectivity index (χ4n) is 4.62. The zero-order valence-electron chi connectivity index (χ0n) is 23.7. The Labute approximate surface area is 239 Å². The van der Waals surface area contributed by atoms with Crippen molar-refractivity contribution in [2.45, 2.75) is 26.7 Å². The lowest BCUT2D eigenvalue weighted by atomic mass is 10.0. The molecule has 0 unspecified atom stereocenters. The Morgan fingerprint density at radius 3 is 2.76 bits per heavy atom. The number of carbonyl (C=O) groups is 1. The van der Waals surface area contributed by atoms with Crippen LogP contribution in [0.5, 0.6) is 5.75 Å². The molecule has 0 fully saturated rings. The molecule has 0 aliphatic heterocycles. The van der Waals surface area contributed by atoms with Gasteiger partial charge in [-0.25, -0.2) is 15.0 Å². The van der Waals surface area contributed by atoms with Gasteiger partial charge >= 0.3 is 0 Å². The van der Waals surface area contributed by atoms with Crippen molar-refractivity contribution in [2.24, 2.45) is 0 Å². The van der Waals surface area contributed by atoms with Gasteiger partial charge in [-0.3, -0.25) is 4.79 Å². The van der Waals surface area contributed by atoms with E-state index in [0.717, 1.165) is 41.7 Å². The number of aryl methyl sites for hydroxylation is 1. The number of fused-ring (bicyclic) bond motifs is 2. The first-order valence-corrected chi connectivity index (χ1v) is 13.5. The van der Waals surface area contributed by atoms with E-state index in [1.165, 1.54) is 17.5 Å². The van der Waals surface area contributed by atoms with Gasteiger partial charge in [0, 0.05) is 42.3 Å². The summed E-state index contributed by atoms with van der Waals surface area (Å²) in [4.78, 5) is 27.8. The fraction of sp³-hybridized carbons (Fsp3) is 0.250. The van der Waals surface area contributed by atoms with Gasteiger partial charge in [0.25, 0.3) is 5.91 Å². The third kappa shape index (κ3) is 6.80. The van der Waals surface area contributed by atoms with E-state index in [1.54, 1.807) is 13.1 Å². The molecule has 0 bridgehead atoms. The lowest BCUT2D eigenvalue weighted by Crippen LogP contribution is -2.16. The Morgan fingerprint density at radius 2 is 1.95 bits per heavy atom. The summed E-state index contributed by atoms with van der Waals surface area (Å²) in [5.74, 6) is 5.93. The van der Waals surface area contributed by atoms with Crippen LogP contribution >= 0.6 is 0 Å². The molecule has 0 spiro atoms. The highest BCUT2D eigenvalue weighted by Crippen LogP contribution is 2.34. The molecule has 9 heteroatoms. The summed E-state index contributed by atoms with van der Waals surface area (Å²) >= 11 is 0. The van der Waals surface area contributed by atoms with Gasteiger partial charge in [-0.2, -0.15) is 0 Å². The van der Waals surface area contributed by atoms with Crippen molar-refractivity contribution in [1.82, 2.24) is 24.3 Å². The van der Waals surface area contributed by atoms with Crippen molar-refractivity contribution in [3.63, 3.8) is 0 Å². The molecule has 0 aliphatic rings. The number of nitrogens with one attached hydrogen (secondary N) is 2. The quantitative estimate of drug-likeness (QED) is 0.183. The van der Waals surface area contributed by atoms with E-state index in [-0.39, 0.29) is 0 Å². The Bertz CT molecular complexity index is 1770. The number of imidazole rings is 1. The minimum absolute atomic E-state index is 0.408. The number of carbonyl (C=O) groups excluding carboxylic acids is 1. The molecule has 1 amide bonds. The molecule has 5 aromatic rings. The first-order valence-electron chi connectivity index (χ1n) is 13.5. The maximum absolute atomic E-state index is 12.3. The molecule has 2 N–H and O–H groups in total. The highest BCUT2D eigenvalue weighted by molar-refractivity contribution is 6.06. The molecule has 0 radical (unpaired) electrons. The van der Waals surface area contributed by atoms with Gasteiger partial charge in [0.15, 0.2) is 0 Å². The van der Waals surface area contributed by atoms with Crippen LogP contribution in [0, 0.1) is 18.8 Å². The number of aromatic nitrogens is 4. The number of anilines is 3. The minimum atomic E-state index is -0.408. The zero-order chi connectivity index (χ0) is 28.8. The number of benzene rings is 2. The Morgan fingerprint density at radius 1 is 1.07 bits per heavy atom. The molecule has 0 atom stereocenters. The number of hydrogen-bond donors (Lipinski definition) is 2. The second kappa shape index (κ2) is 12.5. The third-order valence-corrected chi connectivity index (χ3v) is 6.69. The van der Waals surface area contributed by atoms with E-state index in [9.17, 15) is 4.79 Å². The minimum Gasteiger partial charge on any atom is -0.491 e. The zero-order valence-corrected chi connectivity index (χ0v) is 23.7. The van der Waals surface area contributed by atoms with Gasteiger partial charge in [0.1, 0.15) is 23.5 Å². The van der Waals surface area contributed by atoms with Crippen LogP contribution in [0.3, 0.4) is 0 Å². The largest absolute Gasteiger partial charge is 0.491 e. The second-order valence-corrected chi connectivity index (χ2v) is 10.1. The molecule has 0 aliphatic carbocycles. The van der Waals surface area contributed by atoms with E-state index >= 15 is 0 Å². The number of nitrogens with zero attached hydrogens (tertiary/aromatic N) is 5. The lowest BCUT2D eigenvalue weighted by molar-refractivity contribution is -0.111. The van der Waals surface area contributed by atoms with Crippen molar-refractivity contribution < 1.29 is 9.53 Å². The lowest BCUT2D eigenvalue weighted by Gasteiger charge is -2.16. The number of rotatable bonds is 10. The highest BCUT2D eigenvalue weighted by atomic mass is 16.5. The van der Waals surface area contributed by atoms with Crippen molar-refractivity contribution in [2.75, 3.05) is 37.9 Å². The molecule has 3 heterocycles. The van der Waals surface area contributed by atoms with Gasteiger partial charge in [-0.1, -0.05) is 12.0 Å². The van der Waals surface area contributed by atoms with Crippen molar-refractivity contribution in [1.29, 1.82) is 0 Å². The average molecular weight is 548 g/mol. The SMILES string of the molecule is CC#CC(=O)Nc1cc2c(Nc3ccc(Cc4ccn5ccnc5c4)c(C)c3)ncnc2cc1OCCCN(C)C. The van der Waals surface area contributed by atoms with Crippen LogP contribution in [0.25, 0.3) is 16.6 Å². The predicted molar refractivity (Wildman–Crippen MR) is 163 cm³/mol. The van der Waals surface area contributed by atoms with Crippen molar-refractivity contribution >= 4 is 39.6 Å². The molecule has 0 saturated carbocycles. The summed E-state index contributed by atoms with van der Waals surface area (Å²) in [6.45, 7) is 5.13. The van der Waals surface area contributed by atoms with Gasteiger partial charge in [-0.15, -0.1) is 0 Å². The molecule has 9 nitrogen and oxygen atoms in total. The first-order chi connectivity index (χ1) is 19.9. The summed E-state index contributed by atoms with van der Waals surface area (Å²) in [6.07, 6.45) is 8.96. The van der Waals surface area contributed by atoms with Crippen LogP contribution in [0.15, 0.2) is 67.4 Å².